The van der Waals surface area contributed by atoms with E-state index in [4.69, 9.17) is 9.52 Å². The van der Waals surface area contributed by atoms with Crippen LogP contribution in [0.25, 0.3) is 11.3 Å². The fraction of sp³-hybridized carbons (Fsp3) is 0.389. The molecule has 3 rings (SSSR count). The molecule has 0 bridgehead atoms. The molecule has 0 atom stereocenters. The summed E-state index contributed by atoms with van der Waals surface area (Å²) >= 11 is 0. The number of hydrogen-bond acceptors (Lipinski definition) is 3. The van der Waals surface area contributed by atoms with Gasteiger partial charge in [-0.2, -0.15) is 0 Å². The Hall–Kier alpha value is -2.07. The maximum absolute atomic E-state index is 11.0. The van der Waals surface area contributed by atoms with Crippen molar-refractivity contribution in [3.63, 3.8) is 0 Å². The van der Waals surface area contributed by atoms with Crippen molar-refractivity contribution >= 4 is 5.97 Å². The first kappa shape index (κ1) is 14.9. The molecule has 1 fully saturated rings. The maximum Gasteiger partial charge on any atom is 0.335 e. The monoisotopic (exact) mass is 299 g/mol. The summed E-state index contributed by atoms with van der Waals surface area (Å²) in [5, 5.41) is 12.6. The van der Waals surface area contributed by atoms with Crippen LogP contribution in [0.4, 0.5) is 0 Å². The Bertz CT molecular complexity index is 641. The molecule has 0 radical (unpaired) electrons. The highest BCUT2D eigenvalue weighted by Gasteiger charge is 2.13. The number of furan rings is 1. The molecule has 0 spiro atoms. The van der Waals surface area contributed by atoms with Crippen molar-refractivity contribution in [1.82, 2.24) is 5.32 Å². The van der Waals surface area contributed by atoms with Crippen molar-refractivity contribution < 1.29 is 14.3 Å². The summed E-state index contributed by atoms with van der Waals surface area (Å²) in [4.78, 5) is 11.0. The zero-order chi connectivity index (χ0) is 15.4. The fourth-order valence-corrected chi connectivity index (χ4v) is 2.99. The summed E-state index contributed by atoms with van der Waals surface area (Å²) in [5.74, 6) is 0.678. The van der Waals surface area contributed by atoms with Crippen LogP contribution in [0.2, 0.25) is 0 Å². The van der Waals surface area contributed by atoms with E-state index < -0.39 is 5.97 Å². The lowest BCUT2D eigenvalue weighted by molar-refractivity contribution is 0.0697. The van der Waals surface area contributed by atoms with Gasteiger partial charge in [-0.25, -0.2) is 4.79 Å². The summed E-state index contributed by atoms with van der Waals surface area (Å²) < 4.78 is 5.84. The highest BCUT2D eigenvalue weighted by molar-refractivity contribution is 5.89. The largest absolute Gasteiger partial charge is 0.478 e. The first-order chi connectivity index (χ1) is 10.7. The Labute approximate surface area is 130 Å². The minimum absolute atomic E-state index is 0.274. The molecule has 1 saturated carbocycles. The molecule has 2 N–H and O–H groups in total. The van der Waals surface area contributed by atoms with Gasteiger partial charge >= 0.3 is 5.97 Å². The van der Waals surface area contributed by atoms with Gasteiger partial charge in [-0.3, -0.25) is 0 Å². The Morgan fingerprint density at radius 2 is 2.00 bits per heavy atom. The second-order valence-electron chi connectivity index (χ2n) is 5.87. The smallest absolute Gasteiger partial charge is 0.335 e. The summed E-state index contributed by atoms with van der Waals surface area (Å²) in [5.41, 5.74) is 1.07. The van der Waals surface area contributed by atoms with Crippen molar-refractivity contribution in [1.29, 1.82) is 0 Å². The number of carbonyl (C=O) groups is 1. The third kappa shape index (κ3) is 3.57. The predicted octanol–water partition coefficient (Wildman–Crippen LogP) is 4.07. The van der Waals surface area contributed by atoms with E-state index in [1.54, 1.807) is 18.2 Å². The van der Waals surface area contributed by atoms with Crippen LogP contribution in [0.5, 0.6) is 0 Å². The molecule has 22 heavy (non-hydrogen) atoms. The molecule has 4 heteroatoms. The lowest BCUT2D eigenvalue weighted by Gasteiger charge is -2.22. The van der Waals surface area contributed by atoms with Gasteiger partial charge in [-0.05, 0) is 37.1 Å². The van der Waals surface area contributed by atoms with Crippen LogP contribution >= 0.6 is 0 Å². The third-order valence-corrected chi connectivity index (χ3v) is 4.23. The Morgan fingerprint density at radius 1 is 1.18 bits per heavy atom. The van der Waals surface area contributed by atoms with Gasteiger partial charge in [0.15, 0.2) is 0 Å². The van der Waals surface area contributed by atoms with Crippen molar-refractivity contribution in [2.75, 3.05) is 0 Å². The van der Waals surface area contributed by atoms with Crippen molar-refractivity contribution in [2.24, 2.45) is 0 Å². The van der Waals surface area contributed by atoms with Crippen LogP contribution in [0.15, 0.2) is 40.8 Å². The number of rotatable bonds is 5. The summed E-state index contributed by atoms with van der Waals surface area (Å²) in [6.07, 6.45) is 6.46. The van der Waals surface area contributed by atoms with Crippen LogP contribution in [0, 0.1) is 0 Å². The van der Waals surface area contributed by atoms with Gasteiger partial charge in [0, 0.05) is 11.6 Å². The average Bonchev–Trinajstić information content (AvgIpc) is 3.03. The van der Waals surface area contributed by atoms with Crippen molar-refractivity contribution in [3.05, 3.63) is 47.7 Å². The van der Waals surface area contributed by atoms with Crippen LogP contribution in [0.1, 0.15) is 48.2 Å². The fourth-order valence-electron chi connectivity index (χ4n) is 2.99. The molecule has 1 aromatic carbocycles. The van der Waals surface area contributed by atoms with E-state index in [-0.39, 0.29) is 5.56 Å². The summed E-state index contributed by atoms with van der Waals surface area (Å²) in [6, 6.07) is 11.3. The maximum atomic E-state index is 11.0. The molecular weight excluding hydrogens is 278 g/mol. The highest BCUT2D eigenvalue weighted by atomic mass is 16.4. The van der Waals surface area contributed by atoms with Gasteiger partial charge in [0.1, 0.15) is 11.5 Å². The third-order valence-electron chi connectivity index (χ3n) is 4.23. The van der Waals surface area contributed by atoms with E-state index in [2.05, 4.69) is 5.32 Å². The first-order valence-corrected chi connectivity index (χ1v) is 7.88. The molecule has 4 nitrogen and oxygen atoms in total. The molecule has 0 unspecified atom stereocenters. The zero-order valence-electron chi connectivity index (χ0n) is 12.5. The van der Waals surface area contributed by atoms with Crippen molar-refractivity contribution in [2.45, 2.75) is 44.7 Å². The number of aromatic carboxylic acids is 1. The molecule has 1 aliphatic carbocycles. The normalized spacial score (nSPS) is 15.8. The predicted molar refractivity (Wildman–Crippen MR) is 84.8 cm³/mol. The molecule has 1 aromatic heterocycles. The number of hydrogen-bond donors (Lipinski definition) is 2. The van der Waals surface area contributed by atoms with Crippen LogP contribution < -0.4 is 5.32 Å². The molecule has 2 aromatic rings. The van der Waals surface area contributed by atoms with Crippen LogP contribution in [0.3, 0.4) is 0 Å². The highest BCUT2D eigenvalue weighted by Crippen LogP contribution is 2.24. The van der Waals surface area contributed by atoms with Crippen LogP contribution in [-0.2, 0) is 6.54 Å². The number of nitrogens with one attached hydrogen (secondary N) is 1. The minimum Gasteiger partial charge on any atom is -0.478 e. The van der Waals surface area contributed by atoms with E-state index in [0.717, 1.165) is 17.9 Å². The first-order valence-electron chi connectivity index (χ1n) is 7.88. The van der Waals surface area contributed by atoms with Gasteiger partial charge in [-0.15, -0.1) is 0 Å². The van der Waals surface area contributed by atoms with Gasteiger partial charge in [0.05, 0.1) is 12.1 Å². The lowest BCUT2D eigenvalue weighted by atomic mass is 9.95. The topological polar surface area (TPSA) is 62.5 Å². The molecule has 116 valence electrons. The molecule has 0 saturated heterocycles. The molecule has 0 aliphatic heterocycles. The lowest BCUT2D eigenvalue weighted by Crippen LogP contribution is -2.30. The van der Waals surface area contributed by atoms with E-state index in [0.29, 0.717) is 11.8 Å². The number of carboxylic acids is 1. The SMILES string of the molecule is O=C(O)c1cccc(-c2ccc(CNC3CCCCC3)o2)c1. The standard InChI is InChI=1S/C18H21NO3/c20-18(21)14-6-4-5-13(11-14)17-10-9-16(22-17)12-19-15-7-2-1-3-8-15/h4-6,9-11,15,19H,1-3,7-8,12H2,(H,20,21). The minimum atomic E-state index is -0.924. The van der Waals surface area contributed by atoms with Crippen molar-refractivity contribution in [3.8, 4) is 11.3 Å². The Morgan fingerprint density at radius 3 is 2.77 bits per heavy atom. The number of benzene rings is 1. The Balaban J connectivity index is 1.65. The number of carboxylic acid groups (broad SMARTS) is 1. The zero-order valence-corrected chi connectivity index (χ0v) is 12.5. The van der Waals surface area contributed by atoms with Gasteiger partial charge in [-0.1, -0.05) is 31.4 Å². The van der Waals surface area contributed by atoms with E-state index in [1.165, 1.54) is 32.1 Å². The average molecular weight is 299 g/mol. The molecule has 1 heterocycles. The van der Waals surface area contributed by atoms with Gasteiger partial charge in [0.2, 0.25) is 0 Å². The van der Waals surface area contributed by atoms with E-state index in [9.17, 15) is 4.79 Å². The molecular formula is C18H21NO3. The van der Waals surface area contributed by atoms with E-state index >= 15 is 0 Å². The second-order valence-corrected chi connectivity index (χ2v) is 5.87. The molecule has 0 amide bonds. The van der Waals surface area contributed by atoms with Crippen LogP contribution in [-0.4, -0.2) is 17.1 Å². The summed E-state index contributed by atoms with van der Waals surface area (Å²) in [6.45, 7) is 0.725. The quantitative estimate of drug-likeness (QED) is 0.873. The van der Waals surface area contributed by atoms with Gasteiger partial charge < -0.3 is 14.8 Å². The van der Waals surface area contributed by atoms with E-state index in [1.807, 2.05) is 18.2 Å². The second kappa shape index (κ2) is 6.79. The summed E-state index contributed by atoms with van der Waals surface area (Å²) in [7, 11) is 0. The van der Waals surface area contributed by atoms with Gasteiger partial charge in [0.25, 0.3) is 0 Å². The molecule has 1 aliphatic rings. The Kier molecular flexibility index (Phi) is 4.59.